The Morgan fingerprint density at radius 1 is 1.24 bits per heavy atom. The van der Waals surface area contributed by atoms with E-state index in [1.165, 1.54) is 23.2 Å². The second kappa shape index (κ2) is 10.9. The van der Waals surface area contributed by atoms with Gasteiger partial charge < -0.3 is 19.5 Å². The smallest absolute Gasteiger partial charge is 0.253 e. The van der Waals surface area contributed by atoms with Crippen molar-refractivity contribution < 1.29 is 13.9 Å². The highest BCUT2D eigenvalue weighted by molar-refractivity contribution is 5.97. The van der Waals surface area contributed by atoms with Gasteiger partial charge in [0.15, 0.2) is 5.65 Å². The van der Waals surface area contributed by atoms with Crippen molar-refractivity contribution >= 4 is 17.2 Å². The highest BCUT2D eigenvalue weighted by Gasteiger charge is 2.42. The van der Waals surface area contributed by atoms with E-state index in [0.717, 1.165) is 62.4 Å². The molecule has 1 N–H and O–H groups in total. The molecule has 3 aromatic rings. The summed E-state index contributed by atoms with van der Waals surface area (Å²) in [5.41, 5.74) is 2.26. The van der Waals surface area contributed by atoms with E-state index in [9.17, 15) is 14.0 Å². The topological polar surface area (TPSA) is 100 Å². The molecule has 0 aliphatic carbocycles. The van der Waals surface area contributed by atoms with Gasteiger partial charge in [0.25, 0.3) is 5.56 Å². The van der Waals surface area contributed by atoms with Crippen LogP contribution in [-0.4, -0.2) is 105 Å². The quantitative estimate of drug-likeness (QED) is 0.474. The summed E-state index contributed by atoms with van der Waals surface area (Å²) in [4.78, 5) is 37.7. The number of rotatable bonds is 6. The maximum absolute atomic E-state index is 14.1. The molecule has 6 heterocycles. The highest BCUT2D eigenvalue weighted by Crippen LogP contribution is 2.41. The van der Waals surface area contributed by atoms with Gasteiger partial charge in [-0.05, 0) is 26.0 Å². The highest BCUT2D eigenvalue weighted by atomic mass is 19.1. The van der Waals surface area contributed by atoms with Crippen molar-refractivity contribution in [2.24, 2.45) is 0 Å². The van der Waals surface area contributed by atoms with E-state index in [0.29, 0.717) is 30.8 Å². The van der Waals surface area contributed by atoms with Gasteiger partial charge in [-0.25, -0.2) is 13.9 Å². The molecule has 41 heavy (non-hydrogen) atoms. The first-order valence-electron chi connectivity index (χ1n) is 14.4. The van der Waals surface area contributed by atoms with Gasteiger partial charge in [-0.1, -0.05) is 13.8 Å². The van der Waals surface area contributed by atoms with Crippen LogP contribution in [0.25, 0.3) is 5.65 Å². The molecule has 3 atom stereocenters. The van der Waals surface area contributed by atoms with E-state index in [1.54, 1.807) is 4.52 Å². The summed E-state index contributed by atoms with van der Waals surface area (Å²) in [6.45, 7) is 14.5. The summed E-state index contributed by atoms with van der Waals surface area (Å²) in [6, 6.07) is 5.04. The summed E-state index contributed by atoms with van der Waals surface area (Å²) in [5, 5.41) is 8.11. The van der Waals surface area contributed by atoms with E-state index in [2.05, 4.69) is 52.9 Å². The third kappa shape index (κ3) is 5.41. The molecule has 12 heteroatoms. The Labute approximate surface area is 238 Å². The van der Waals surface area contributed by atoms with Gasteiger partial charge in [0.2, 0.25) is 5.91 Å². The molecule has 3 aliphatic rings. The predicted molar refractivity (Wildman–Crippen MR) is 153 cm³/mol. The molecular weight excluding hydrogens is 527 g/mol. The van der Waals surface area contributed by atoms with Crippen molar-refractivity contribution in [1.29, 1.82) is 0 Å². The molecular formula is C29H39FN8O3. The summed E-state index contributed by atoms with van der Waals surface area (Å²) in [7, 11) is 0. The van der Waals surface area contributed by atoms with Gasteiger partial charge in [0.05, 0.1) is 37.7 Å². The number of hydrogen-bond acceptors (Lipinski definition) is 8. The Hall–Kier alpha value is -3.19. The number of halogens is 1. The fourth-order valence-electron chi connectivity index (χ4n) is 6.53. The molecule has 11 nitrogen and oxygen atoms in total. The number of nitrogens with one attached hydrogen (secondary N) is 1. The van der Waals surface area contributed by atoms with Crippen molar-refractivity contribution in [1.82, 2.24) is 34.3 Å². The fourth-order valence-corrected chi connectivity index (χ4v) is 6.53. The third-order valence-corrected chi connectivity index (χ3v) is 8.70. The van der Waals surface area contributed by atoms with Crippen LogP contribution in [0.4, 0.5) is 10.1 Å². The van der Waals surface area contributed by atoms with Gasteiger partial charge in [-0.15, -0.1) is 0 Å². The van der Waals surface area contributed by atoms with Gasteiger partial charge in [-0.3, -0.25) is 19.4 Å². The average molecular weight is 567 g/mol. The number of nitrogens with zero attached hydrogens (tertiary/aromatic N) is 7. The van der Waals surface area contributed by atoms with Crippen molar-refractivity contribution in [2.45, 2.75) is 57.8 Å². The monoisotopic (exact) mass is 566 g/mol. The molecule has 2 fully saturated rings. The number of pyridine rings is 2. The molecule has 6 rings (SSSR count). The fraction of sp³-hybridized carbons (Fsp3) is 0.586. The number of carbonyl (C=O) groups is 1. The zero-order chi connectivity index (χ0) is 28.9. The number of piperazine rings is 1. The largest absolute Gasteiger partial charge is 0.379 e. The van der Waals surface area contributed by atoms with E-state index >= 15 is 0 Å². The molecule has 0 bridgehead atoms. The number of fused-ring (bicyclic) bond motifs is 3. The molecule has 1 amide bonds. The minimum atomic E-state index is -0.574. The summed E-state index contributed by atoms with van der Waals surface area (Å²) in [5.74, 6) is -0.537. The normalized spacial score (nSPS) is 25.1. The second-order valence-corrected chi connectivity index (χ2v) is 12.4. The van der Waals surface area contributed by atoms with Gasteiger partial charge in [0.1, 0.15) is 12.1 Å². The van der Waals surface area contributed by atoms with Crippen molar-refractivity contribution in [3.8, 4) is 0 Å². The zero-order valence-electron chi connectivity index (χ0n) is 24.2. The van der Waals surface area contributed by atoms with Gasteiger partial charge in [-0.2, -0.15) is 5.10 Å². The Balaban J connectivity index is 1.30. The first-order valence-corrected chi connectivity index (χ1v) is 14.4. The van der Waals surface area contributed by atoms with Crippen LogP contribution in [0.1, 0.15) is 39.0 Å². The van der Waals surface area contributed by atoms with Crippen molar-refractivity contribution in [2.75, 3.05) is 57.4 Å². The Kier molecular flexibility index (Phi) is 7.43. The van der Waals surface area contributed by atoms with Crippen LogP contribution < -0.4 is 15.8 Å². The van der Waals surface area contributed by atoms with Crippen molar-refractivity contribution in [3.63, 3.8) is 0 Å². The van der Waals surface area contributed by atoms with Crippen molar-refractivity contribution in [3.05, 3.63) is 58.2 Å². The number of carbonyl (C=O) groups excluding carboxylic acids is 1. The van der Waals surface area contributed by atoms with Crippen LogP contribution in [-0.2, 0) is 21.5 Å². The molecule has 220 valence electrons. The molecule has 3 aliphatic heterocycles. The number of aromatic nitrogens is 4. The number of amides is 1. The first kappa shape index (κ1) is 28.0. The Morgan fingerprint density at radius 3 is 2.85 bits per heavy atom. The first-order chi connectivity index (χ1) is 19.6. The number of morpholine rings is 1. The Bertz CT molecular complexity index is 1500. The Morgan fingerprint density at radius 2 is 2.07 bits per heavy atom. The van der Waals surface area contributed by atoms with E-state index < -0.39 is 11.4 Å². The molecule has 0 aromatic carbocycles. The molecule has 2 saturated heterocycles. The number of hydrogen-bond donors (Lipinski definition) is 1. The lowest BCUT2D eigenvalue weighted by Gasteiger charge is -2.43. The standard InChI is InChI=1S/C29H39FN8O3/c1-19-12-36(23(11-31-19)14-34-7-8-41-16-20(34)2)15-26(40)37-17-29(3,4)27-24(37)9-21(28-32-18-33-38(27)28)13-35-6-5-22(30)10-25(35)39/h5-6,9-10,18-20,23,31H,7-8,11-17H2,1-4H3/t19-,20-,23-/m1/s1. The summed E-state index contributed by atoms with van der Waals surface area (Å²) < 4.78 is 22.5. The second-order valence-electron chi connectivity index (χ2n) is 12.4. The maximum atomic E-state index is 14.1. The molecule has 0 unspecified atom stereocenters. The van der Waals surface area contributed by atoms with E-state index in [-0.39, 0.29) is 23.9 Å². The summed E-state index contributed by atoms with van der Waals surface area (Å²) in [6.07, 6.45) is 2.93. The van der Waals surface area contributed by atoms with Gasteiger partial charge >= 0.3 is 0 Å². The van der Waals surface area contributed by atoms with Crippen LogP contribution in [0, 0.1) is 5.82 Å². The average Bonchev–Trinajstić information content (AvgIpc) is 3.51. The molecule has 0 spiro atoms. The third-order valence-electron chi connectivity index (χ3n) is 8.70. The minimum absolute atomic E-state index is 0.0373. The predicted octanol–water partition coefficient (Wildman–Crippen LogP) is 1.09. The minimum Gasteiger partial charge on any atom is -0.379 e. The molecule has 0 radical (unpaired) electrons. The van der Waals surface area contributed by atoms with Crippen LogP contribution in [0.15, 0.2) is 35.5 Å². The zero-order valence-corrected chi connectivity index (χ0v) is 24.2. The number of anilines is 1. The van der Waals surface area contributed by atoms with E-state index in [4.69, 9.17) is 4.74 Å². The van der Waals surface area contributed by atoms with Crippen LogP contribution >= 0.6 is 0 Å². The molecule has 3 aromatic heterocycles. The van der Waals surface area contributed by atoms with Crippen LogP contribution in [0.2, 0.25) is 0 Å². The summed E-state index contributed by atoms with van der Waals surface area (Å²) >= 11 is 0. The SMILES string of the molecule is C[C@@H]1CN(CC(=O)N2CC(C)(C)c3c2cc(Cn2ccc(F)cc2=O)c2ncnn32)[C@@H](CN2CCOC[C@H]2C)CN1. The molecule has 0 saturated carbocycles. The lowest BCUT2D eigenvalue weighted by Crippen LogP contribution is -2.62. The maximum Gasteiger partial charge on any atom is 0.253 e. The number of ether oxygens (including phenoxy) is 1. The van der Waals surface area contributed by atoms with Gasteiger partial charge in [0, 0.05) is 74.1 Å². The van der Waals surface area contributed by atoms with E-state index in [1.807, 2.05) is 11.0 Å². The van der Waals surface area contributed by atoms with Crippen LogP contribution in [0.5, 0.6) is 0 Å². The van der Waals surface area contributed by atoms with Crippen LogP contribution in [0.3, 0.4) is 0 Å². The lowest BCUT2D eigenvalue weighted by atomic mass is 9.91. The lowest BCUT2D eigenvalue weighted by molar-refractivity contribution is -0.121.